The van der Waals surface area contributed by atoms with Crippen molar-refractivity contribution in [2.24, 2.45) is 5.92 Å². The summed E-state index contributed by atoms with van der Waals surface area (Å²) >= 11 is 0. The largest absolute Gasteiger partial charge is 0.453 e. The number of nitrogens with one attached hydrogen (secondary N) is 1. The fraction of sp³-hybridized carbons (Fsp3) is 0.593. The Balaban J connectivity index is 1.92. The van der Waals surface area contributed by atoms with Crippen LogP contribution >= 0.6 is 0 Å². The average Bonchev–Trinajstić information content (AvgIpc) is 3.51. The first kappa shape index (κ1) is 29.0. The lowest BCUT2D eigenvalue weighted by atomic mass is 9.73. The Morgan fingerprint density at radius 1 is 1.22 bits per heavy atom. The van der Waals surface area contributed by atoms with Crippen LogP contribution in [0.5, 0.6) is 0 Å². The Hall–Kier alpha value is -2.59. The summed E-state index contributed by atoms with van der Waals surface area (Å²) in [6, 6.07) is 8.61. The summed E-state index contributed by atoms with van der Waals surface area (Å²) in [4.78, 5) is 32.3. The summed E-state index contributed by atoms with van der Waals surface area (Å²) in [6.07, 6.45) is 2.97. The fourth-order valence-corrected chi connectivity index (χ4v) is 5.34. The maximum atomic E-state index is 13.6. The van der Waals surface area contributed by atoms with E-state index >= 15 is 0 Å². The molecule has 1 saturated heterocycles. The van der Waals surface area contributed by atoms with E-state index in [2.05, 4.69) is 61.1 Å². The number of aromatic nitrogens is 2. The van der Waals surface area contributed by atoms with E-state index in [1.54, 1.807) is 0 Å². The van der Waals surface area contributed by atoms with E-state index < -0.39 is 20.2 Å². The first-order valence-electron chi connectivity index (χ1n) is 13.2. The quantitative estimate of drug-likeness (QED) is 0.350. The highest BCUT2D eigenvalue weighted by atomic mass is 28.3. The number of imidazole rings is 1. The van der Waals surface area contributed by atoms with Crippen molar-refractivity contribution in [1.82, 2.24) is 19.8 Å². The molecular formula is C27H42BN4O4Si. The van der Waals surface area contributed by atoms with Crippen molar-refractivity contribution in [1.29, 1.82) is 0 Å². The van der Waals surface area contributed by atoms with E-state index in [0.717, 1.165) is 41.4 Å². The molecule has 0 aliphatic carbocycles. The van der Waals surface area contributed by atoms with E-state index in [4.69, 9.17) is 14.5 Å². The summed E-state index contributed by atoms with van der Waals surface area (Å²) in [7, 11) is 2.15. The molecule has 3 rings (SSSR count). The van der Waals surface area contributed by atoms with E-state index in [0.29, 0.717) is 19.9 Å². The fourth-order valence-electron chi connectivity index (χ4n) is 4.58. The van der Waals surface area contributed by atoms with Gasteiger partial charge in [0.15, 0.2) is 0 Å². The summed E-state index contributed by atoms with van der Waals surface area (Å²) in [6.45, 7) is 14.6. The number of rotatable bonds is 11. The molecule has 1 aliphatic rings. The minimum Gasteiger partial charge on any atom is -0.453 e. The Morgan fingerprint density at radius 2 is 1.92 bits per heavy atom. The predicted molar refractivity (Wildman–Crippen MR) is 151 cm³/mol. The van der Waals surface area contributed by atoms with Crippen LogP contribution in [-0.2, 0) is 21.0 Å². The number of likely N-dealkylation sites (tertiary alicyclic amines) is 1. The Labute approximate surface area is 223 Å². The van der Waals surface area contributed by atoms with E-state index in [-0.39, 0.29) is 17.9 Å². The minimum atomic E-state index is -1.22. The zero-order valence-corrected chi connectivity index (χ0v) is 24.4. The third-order valence-corrected chi connectivity index (χ3v) is 8.57. The second-order valence-electron chi connectivity index (χ2n) is 11.2. The van der Waals surface area contributed by atoms with Gasteiger partial charge in [-0.3, -0.25) is 4.79 Å². The lowest BCUT2D eigenvalue weighted by molar-refractivity contribution is -0.135. The van der Waals surface area contributed by atoms with Crippen molar-refractivity contribution < 1.29 is 19.1 Å². The van der Waals surface area contributed by atoms with Crippen LogP contribution in [-0.4, -0.2) is 68.1 Å². The van der Waals surface area contributed by atoms with Crippen LogP contribution in [0, 0.1) is 5.92 Å². The van der Waals surface area contributed by atoms with Gasteiger partial charge in [0.2, 0.25) is 5.91 Å². The highest BCUT2D eigenvalue weighted by Gasteiger charge is 2.38. The Kier molecular flexibility index (Phi) is 10.0. The SMILES string of the molecule is C[B]c1ccc(-c2cnc([C@@H]3CCCN3C(=O)[C@@H](NC(=O)OC)C(C)C)n2COCC[Si](C)(C)C)cc1. The molecule has 0 unspecified atom stereocenters. The molecule has 1 N–H and O–H groups in total. The Bertz CT molecular complexity index is 1050. The molecule has 1 fully saturated rings. The van der Waals surface area contributed by atoms with Crippen molar-refractivity contribution in [3.05, 3.63) is 36.3 Å². The maximum Gasteiger partial charge on any atom is 0.407 e. The van der Waals surface area contributed by atoms with E-state index in [9.17, 15) is 9.59 Å². The molecule has 1 aromatic carbocycles. The topological polar surface area (TPSA) is 85.7 Å². The number of ether oxygens (including phenoxy) is 2. The van der Waals surface area contributed by atoms with Gasteiger partial charge in [-0.05, 0) is 30.4 Å². The van der Waals surface area contributed by atoms with Gasteiger partial charge in [0.1, 0.15) is 25.9 Å². The normalized spacial score (nSPS) is 16.6. The lowest BCUT2D eigenvalue weighted by Crippen LogP contribution is -2.51. The number of hydrogen-bond acceptors (Lipinski definition) is 5. The first-order chi connectivity index (χ1) is 17.6. The summed E-state index contributed by atoms with van der Waals surface area (Å²) in [5.41, 5.74) is 3.19. The predicted octanol–water partition coefficient (Wildman–Crippen LogP) is 4.28. The van der Waals surface area contributed by atoms with Crippen molar-refractivity contribution >= 4 is 32.8 Å². The van der Waals surface area contributed by atoms with Gasteiger partial charge < -0.3 is 24.3 Å². The molecule has 201 valence electrons. The van der Waals surface area contributed by atoms with Crippen LogP contribution in [0.25, 0.3) is 11.3 Å². The summed E-state index contributed by atoms with van der Waals surface area (Å²) in [5, 5.41) is 2.72. The number of hydrogen-bond donors (Lipinski definition) is 1. The third-order valence-electron chi connectivity index (χ3n) is 6.87. The Morgan fingerprint density at radius 3 is 2.51 bits per heavy atom. The number of benzene rings is 1. The van der Waals surface area contributed by atoms with Gasteiger partial charge in [-0.25, -0.2) is 9.78 Å². The minimum absolute atomic E-state index is 0.0815. The van der Waals surface area contributed by atoms with Crippen molar-refractivity contribution in [3.8, 4) is 11.3 Å². The molecular weight excluding hydrogens is 483 g/mol. The van der Waals surface area contributed by atoms with Crippen molar-refractivity contribution in [3.63, 3.8) is 0 Å². The number of carbonyl (C=O) groups is 2. The number of alkyl carbamates (subject to hydrolysis) is 1. The highest BCUT2D eigenvalue weighted by molar-refractivity contribution is 6.76. The van der Waals surface area contributed by atoms with Gasteiger partial charge in [-0.15, -0.1) is 0 Å². The molecule has 10 heteroatoms. The molecule has 37 heavy (non-hydrogen) atoms. The van der Waals surface area contributed by atoms with Crippen LogP contribution in [0.2, 0.25) is 32.5 Å². The van der Waals surface area contributed by atoms with Crippen LogP contribution in [0.3, 0.4) is 0 Å². The van der Waals surface area contributed by atoms with Gasteiger partial charge >= 0.3 is 6.09 Å². The highest BCUT2D eigenvalue weighted by Crippen LogP contribution is 2.35. The zero-order chi connectivity index (χ0) is 27.2. The summed E-state index contributed by atoms with van der Waals surface area (Å²) < 4.78 is 13.1. The summed E-state index contributed by atoms with van der Waals surface area (Å²) in [5.74, 6) is 0.629. The number of methoxy groups -OCH3 is 1. The van der Waals surface area contributed by atoms with Gasteiger partial charge in [-0.1, -0.05) is 70.0 Å². The van der Waals surface area contributed by atoms with Crippen molar-refractivity contribution in [2.45, 2.75) is 78.0 Å². The van der Waals surface area contributed by atoms with Gasteiger partial charge in [0, 0.05) is 21.2 Å². The van der Waals surface area contributed by atoms with Gasteiger partial charge in [0.25, 0.3) is 0 Å². The van der Waals surface area contributed by atoms with E-state index in [1.165, 1.54) is 7.11 Å². The molecule has 1 aromatic heterocycles. The standard InChI is InChI=1S/C27H42BN4O4Si/c1-19(2)24(30-27(34)35-4)26(33)31-14-8-9-22(31)25-29-17-23(20-10-12-21(28-3)13-11-20)32(25)18-36-15-16-37(5,6)7/h10-13,17,19,22,24H,8-9,14-16,18H2,1-7H3,(H,30,34)/t22-,24-/m0/s1. The first-order valence-corrected chi connectivity index (χ1v) is 16.9. The second-order valence-corrected chi connectivity index (χ2v) is 16.9. The number of nitrogens with zero attached hydrogens (tertiary/aromatic N) is 3. The second kappa shape index (κ2) is 12.8. The molecule has 1 aliphatic heterocycles. The van der Waals surface area contributed by atoms with Crippen LogP contribution in [0.15, 0.2) is 30.5 Å². The molecule has 0 bridgehead atoms. The molecule has 0 saturated carbocycles. The lowest BCUT2D eigenvalue weighted by Gasteiger charge is -2.31. The maximum absolute atomic E-state index is 13.6. The molecule has 2 heterocycles. The molecule has 1 radical (unpaired) electrons. The monoisotopic (exact) mass is 525 g/mol. The van der Waals surface area contributed by atoms with Crippen LogP contribution in [0.4, 0.5) is 4.79 Å². The molecule has 2 amide bonds. The van der Waals surface area contributed by atoms with Gasteiger partial charge in [-0.2, -0.15) is 0 Å². The molecule has 0 spiro atoms. The van der Waals surface area contributed by atoms with E-state index in [1.807, 2.05) is 31.8 Å². The molecule has 2 atom stereocenters. The molecule has 2 aromatic rings. The molecule has 8 nitrogen and oxygen atoms in total. The van der Waals surface area contributed by atoms with Crippen LogP contribution < -0.4 is 10.8 Å². The smallest absolute Gasteiger partial charge is 0.407 e. The number of carbonyl (C=O) groups excluding carboxylic acids is 2. The average molecular weight is 526 g/mol. The zero-order valence-electron chi connectivity index (χ0n) is 23.4. The van der Waals surface area contributed by atoms with Gasteiger partial charge in [0.05, 0.1) is 25.0 Å². The third kappa shape index (κ3) is 7.47. The van der Waals surface area contributed by atoms with Crippen molar-refractivity contribution in [2.75, 3.05) is 20.3 Å². The number of amides is 2. The van der Waals surface area contributed by atoms with Crippen LogP contribution in [0.1, 0.15) is 38.6 Å².